The molecule has 2 aromatic heterocycles. The van der Waals surface area contributed by atoms with Crippen LogP contribution in [0.4, 0.5) is 13.2 Å². The Balaban J connectivity index is 0.00000156. The lowest BCUT2D eigenvalue weighted by Gasteiger charge is -2.10. The van der Waals surface area contributed by atoms with Crippen LogP contribution in [0.3, 0.4) is 0 Å². The highest BCUT2D eigenvalue weighted by molar-refractivity contribution is 5.85. The van der Waals surface area contributed by atoms with Crippen molar-refractivity contribution in [2.45, 2.75) is 19.3 Å². The van der Waals surface area contributed by atoms with E-state index in [0.29, 0.717) is 24.3 Å². The van der Waals surface area contributed by atoms with Crippen molar-refractivity contribution in [1.82, 2.24) is 14.5 Å². The van der Waals surface area contributed by atoms with Crippen LogP contribution < -0.4 is 15.4 Å². The van der Waals surface area contributed by atoms with Crippen molar-refractivity contribution in [1.29, 1.82) is 0 Å². The molecule has 0 saturated carbocycles. The topological polar surface area (TPSA) is 74.7 Å². The Labute approximate surface area is 132 Å². The molecular weight excluding hydrogens is 337 g/mol. The Morgan fingerprint density at radius 2 is 2.00 bits per heavy atom. The molecule has 10 heteroatoms. The number of alkyl halides is 3. The summed E-state index contributed by atoms with van der Waals surface area (Å²) in [5.41, 5.74) is -0.811. The van der Waals surface area contributed by atoms with Gasteiger partial charge in [-0.3, -0.25) is 0 Å². The molecule has 6 nitrogen and oxygen atoms in total. The summed E-state index contributed by atoms with van der Waals surface area (Å²) in [6.45, 7) is 0.686. The largest absolute Gasteiger partial charge is 0.857 e. The minimum atomic E-state index is -4.49. The lowest BCUT2D eigenvalue weighted by Crippen LogP contribution is -2.34. The van der Waals surface area contributed by atoms with E-state index in [4.69, 9.17) is 0 Å². The highest BCUT2D eigenvalue weighted by Gasteiger charge is 2.33. The predicted molar refractivity (Wildman–Crippen MR) is 73.2 cm³/mol. The molecule has 0 unspecified atom stereocenters. The molecule has 3 aromatic rings. The normalized spacial score (nSPS) is 13.5. The van der Waals surface area contributed by atoms with Gasteiger partial charge in [-0.05, 0) is 18.2 Å². The van der Waals surface area contributed by atoms with Gasteiger partial charge in [-0.2, -0.15) is 22.7 Å². The average molecular weight is 345 g/mol. The summed E-state index contributed by atoms with van der Waals surface area (Å²) in [6, 6.07) is 3.15. The summed E-state index contributed by atoms with van der Waals surface area (Å²) in [4.78, 5) is 19.0. The molecule has 1 aliphatic heterocycles. The number of hydrogen-bond donors (Lipinski definition) is 0. The van der Waals surface area contributed by atoms with Crippen LogP contribution in [0.15, 0.2) is 23.0 Å². The van der Waals surface area contributed by atoms with Gasteiger partial charge in [-0.15, -0.1) is 12.4 Å². The number of nitrogens with zero attached hydrogens (tertiary/aromatic N) is 4. The van der Waals surface area contributed by atoms with Gasteiger partial charge in [0, 0.05) is 5.88 Å². The predicted octanol–water partition coefficient (Wildman–Crippen LogP) is 0.760. The molecule has 0 radical (unpaired) electrons. The third kappa shape index (κ3) is 2.11. The summed E-state index contributed by atoms with van der Waals surface area (Å²) < 4.78 is 41.3. The van der Waals surface area contributed by atoms with E-state index in [1.54, 1.807) is 4.57 Å². The molecule has 0 aliphatic carbocycles. The molecule has 0 amide bonds. The summed E-state index contributed by atoms with van der Waals surface area (Å²) in [6.07, 6.45) is -4.49. The second kappa shape index (κ2) is 4.79. The highest BCUT2D eigenvalue weighted by atomic mass is 35.5. The summed E-state index contributed by atoms with van der Waals surface area (Å²) in [7, 11) is 0. The third-order valence-corrected chi connectivity index (χ3v) is 3.73. The van der Waals surface area contributed by atoms with E-state index >= 15 is 0 Å². The maximum Gasteiger partial charge on any atom is 0.434 e. The Kier molecular flexibility index (Phi) is 3.22. The van der Waals surface area contributed by atoms with Crippen LogP contribution in [0.25, 0.3) is 22.2 Å². The van der Waals surface area contributed by atoms with Gasteiger partial charge in [0.05, 0.1) is 5.56 Å². The molecule has 120 valence electrons. The zero-order valence-corrected chi connectivity index (χ0v) is 12.1. The van der Waals surface area contributed by atoms with E-state index in [0.717, 1.165) is 12.1 Å². The maximum absolute atomic E-state index is 12.8. The molecule has 0 atom stereocenters. The Morgan fingerprint density at radius 1 is 1.26 bits per heavy atom. The first-order chi connectivity index (χ1) is 10.4. The van der Waals surface area contributed by atoms with E-state index in [9.17, 15) is 23.1 Å². The van der Waals surface area contributed by atoms with Crippen LogP contribution >= 0.6 is 12.4 Å². The second-order valence-electron chi connectivity index (χ2n) is 4.99. The van der Waals surface area contributed by atoms with Crippen LogP contribution in [0.1, 0.15) is 5.56 Å². The Morgan fingerprint density at radius 3 is 2.70 bits per heavy atom. The lowest BCUT2D eigenvalue weighted by atomic mass is 10.2. The molecule has 0 spiro atoms. The number of halogens is 4. The third-order valence-electron chi connectivity index (χ3n) is 3.73. The van der Waals surface area contributed by atoms with E-state index in [1.165, 1.54) is 10.6 Å². The van der Waals surface area contributed by atoms with Crippen molar-refractivity contribution in [3.8, 4) is 5.88 Å². The van der Waals surface area contributed by atoms with Crippen LogP contribution in [0.5, 0.6) is 5.88 Å². The number of benzene rings is 1. The molecule has 0 bridgehead atoms. The smallest absolute Gasteiger partial charge is 0.434 e. The minimum Gasteiger partial charge on any atom is -0.857 e. The van der Waals surface area contributed by atoms with E-state index in [2.05, 4.69) is 9.97 Å². The molecule has 3 heterocycles. The lowest BCUT2D eigenvalue weighted by molar-refractivity contribution is -0.637. The van der Waals surface area contributed by atoms with Gasteiger partial charge in [-0.1, -0.05) is 0 Å². The molecular formula is C13H8ClF3N4O2. The SMILES string of the molecule is Cl.O=c1nc([O-])c2nc3cc(C(F)(F)F)ccc3[n+]3c2n1CC3. The van der Waals surface area contributed by atoms with Gasteiger partial charge in [0.15, 0.2) is 11.0 Å². The number of fused-ring (bicyclic) bond motifs is 2. The number of rotatable bonds is 0. The molecule has 0 saturated heterocycles. The first-order valence-corrected chi connectivity index (χ1v) is 6.38. The van der Waals surface area contributed by atoms with Crippen molar-refractivity contribution in [3.63, 3.8) is 0 Å². The molecule has 0 N–H and O–H groups in total. The van der Waals surface area contributed by atoms with Crippen molar-refractivity contribution in [2.24, 2.45) is 0 Å². The van der Waals surface area contributed by atoms with E-state index in [1.807, 2.05) is 0 Å². The summed E-state index contributed by atoms with van der Waals surface area (Å²) >= 11 is 0. The molecule has 1 aliphatic rings. The minimum absolute atomic E-state index is 0. The number of aromatic nitrogens is 4. The number of hydrogen-bond acceptors (Lipinski definition) is 4. The number of aryl methyl sites for hydroxylation is 2. The average Bonchev–Trinajstić information content (AvgIpc) is 2.89. The van der Waals surface area contributed by atoms with Crippen molar-refractivity contribution >= 4 is 34.6 Å². The quantitative estimate of drug-likeness (QED) is 0.446. The maximum atomic E-state index is 12.8. The fourth-order valence-electron chi connectivity index (χ4n) is 2.77. The van der Waals surface area contributed by atoms with Crippen molar-refractivity contribution < 1.29 is 22.8 Å². The fourth-order valence-corrected chi connectivity index (χ4v) is 2.77. The van der Waals surface area contributed by atoms with Gasteiger partial charge >= 0.3 is 17.5 Å². The monoisotopic (exact) mass is 344 g/mol. The van der Waals surface area contributed by atoms with E-state index < -0.39 is 23.3 Å². The summed E-state index contributed by atoms with van der Waals surface area (Å²) in [5, 5.41) is 11.8. The molecule has 4 rings (SSSR count). The first-order valence-electron chi connectivity index (χ1n) is 6.38. The summed E-state index contributed by atoms with van der Waals surface area (Å²) in [5.74, 6) is -0.828. The standard InChI is InChI=1S/C13H7F3N4O2.ClH/c14-13(15,16)6-1-2-8-7(5-6)17-9-10(21)18-12(22)20-4-3-19(8)11(9)20;/h1-2,5H,3-4H2;1H. The van der Waals surface area contributed by atoms with Crippen LogP contribution in [-0.4, -0.2) is 14.5 Å². The fraction of sp³-hybridized carbons (Fsp3) is 0.231. The van der Waals surface area contributed by atoms with Gasteiger partial charge in [-0.25, -0.2) is 14.3 Å². The van der Waals surface area contributed by atoms with Crippen LogP contribution in [0.2, 0.25) is 0 Å². The van der Waals surface area contributed by atoms with Gasteiger partial charge < -0.3 is 5.11 Å². The zero-order valence-electron chi connectivity index (χ0n) is 11.3. The first kappa shape index (κ1) is 15.5. The molecule has 23 heavy (non-hydrogen) atoms. The Bertz CT molecular complexity index is 1020. The van der Waals surface area contributed by atoms with Gasteiger partial charge in [0.2, 0.25) is 0 Å². The zero-order chi connectivity index (χ0) is 15.6. The second-order valence-corrected chi connectivity index (χ2v) is 4.99. The van der Waals surface area contributed by atoms with E-state index in [-0.39, 0.29) is 23.4 Å². The van der Waals surface area contributed by atoms with Crippen molar-refractivity contribution in [2.75, 3.05) is 0 Å². The van der Waals surface area contributed by atoms with Gasteiger partial charge in [0.25, 0.3) is 0 Å². The van der Waals surface area contributed by atoms with Crippen LogP contribution in [-0.2, 0) is 19.3 Å². The van der Waals surface area contributed by atoms with Crippen molar-refractivity contribution in [3.05, 3.63) is 34.2 Å². The highest BCUT2D eigenvalue weighted by Crippen LogP contribution is 2.31. The Hall–Kier alpha value is -2.42. The molecule has 0 fully saturated rings. The van der Waals surface area contributed by atoms with Gasteiger partial charge in [0.1, 0.15) is 18.6 Å². The van der Waals surface area contributed by atoms with Crippen LogP contribution in [0, 0.1) is 0 Å². The molecule has 1 aromatic carbocycles.